The number of ether oxygens (including phenoxy) is 1. The number of carboxylic acid groups (broad SMARTS) is 1. The highest BCUT2D eigenvalue weighted by molar-refractivity contribution is 7.94. The fraction of sp³-hybridized carbons (Fsp3) is 0.481. The zero-order chi connectivity index (χ0) is 28.4. The summed E-state index contributed by atoms with van der Waals surface area (Å²) in [5, 5.41) is 9.85. The van der Waals surface area contributed by atoms with E-state index in [2.05, 4.69) is 0 Å². The molecule has 0 aromatic heterocycles. The van der Waals surface area contributed by atoms with E-state index < -0.39 is 57.1 Å². The Balaban J connectivity index is 2.15. The van der Waals surface area contributed by atoms with Crippen LogP contribution in [0.2, 0.25) is 5.02 Å². The van der Waals surface area contributed by atoms with Gasteiger partial charge in [0.2, 0.25) is 10.0 Å². The van der Waals surface area contributed by atoms with Crippen molar-refractivity contribution in [3.8, 4) is 0 Å². The lowest BCUT2D eigenvalue weighted by Crippen LogP contribution is -2.59. The minimum absolute atomic E-state index is 0.000256. The number of aliphatic carboxylic acids is 1. The van der Waals surface area contributed by atoms with Gasteiger partial charge in [0.25, 0.3) is 5.91 Å². The van der Waals surface area contributed by atoms with Crippen molar-refractivity contribution in [2.45, 2.75) is 64.0 Å². The number of morpholine rings is 1. The molecule has 208 valence electrons. The second-order valence-electron chi connectivity index (χ2n) is 10.6. The van der Waals surface area contributed by atoms with Crippen molar-refractivity contribution in [3.63, 3.8) is 0 Å². The number of benzene rings is 2. The lowest BCUT2D eigenvalue weighted by Gasteiger charge is -2.47. The van der Waals surface area contributed by atoms with Gasteiger partial charge in [0.05, 0.1) is 42.1 Å². The van der Waals surface area contributed by atoms with Crippen molar-refractivity contribution >= 4 is 39.2 Å². The summed E-state index contributed by atoms with van der Waals surface area (Å²) in [6.45, 7) is 8.01. The monoisotopic (exact) mass is 568 g/mol. The summed E-state index contributed by atoms with van der Waals surface area (Å²) in [7, 11) is -4.11. The van der Waals surface area contributed by atoms with Crippen molar-refractivity contribution in [2.24, 2.45) is 5.92 Å². The molecule has 0 saturated carbocycles. The minimum atomic E-state index is -4.11. The van der Waals surface area contributed by atoms with Crippen molar-refractivity contribution in [1.82, 2.24) is 4.90 Å². The molecule has 1 fully saturated rings. The molecule has 1 aliphatic rings. The quantitative estimate of drug-likeness (QED) is 0.462. The number of hydrogen-bond donors (Lipinski definition) is 1. The Morgan fingerprint density at radius 1 is 1.18 bits per heavy atom. The fourth-order valence-electron chi connectivity index (χ4n) is 4.42. The molecule has 3 rings (SSSR count). The van der Waals surface area contributed by atoms with E-state index in [1.165, 1.54) is 43.9 Å². The van der Waals surface area contributed by atoms with Crippen LogP contribution >= 0.6 is 11.6 Å². The highest BCUT2D eigenvalue weighted by Crippen LogP contribution is 2.36. The molecule has 1 heterocycles. The molecule has 8 nitrogen and oxygen atoms in total. The smallest absolute Gasteiger partial charge is 0.306 e. The number of rotatable bonds is 9. The highest BCUT2D eigenvalue weighted by atomic mass is 35.5. The molecule has 1 unspecified atom stereocenters. The molecular weight excluding hydrogens is 535 g/mol. The second kappa shape index (κ2) is 11.6. The third-order valence-corrected chi connectivity index (χ3v) is 9.33. The van der Waals surface area contributed by atoms with E-state index in [-0.39, 0.29) is 24.8 Å². The van der Waals surface area contributed by atoms with Crippen LogP contribution in [0.1, 0.15) is 52.6 Å². The van der Waals surface area contributed by atoms with E-state index in [4.69, 9.17) is 16.3 Å². The zero-order valence-corrected chi connectivity index (χ0v) is 23.7. The molecule has 3 atom stereocenters. The fourth-order valence-corrected chi connectivity index (χ4v) is 5.96. The number of nitrogens with zero attached hydrogens (tertiary/aromatic N) is 2. The lowest BCUT2D eigenvalue weighted by molar-refractivity contribution is -0.170. The van der Waals surface area contributed by atoms with E-state index in [0.29, 0.717) is 10.6 Å². The molecule has 1 saturated heterocycles. The largest absolute Gasteiger partial charge is 0.481 e. The average Bonchev–Trinajstić information content (AvgIpc) is 2.81. The summed E-state index contributed by atoms with van der Waals surface area (Å²) in [4.78, 5) is 26.7. The second-order valence-corrected chi connectivity index (χ2v) is 13.7. The number of carbonyl (C=O) groups is 2. The molecular formula is C27H34ClFN2O6S. The molecule has 0 bridgehead atoms. The number of sulfonamides is 1. The molecule has 11 heteroatoms. The first-order chi connectivity index (χ1) is 17.6. The predicted octanol–water partition coefficient (Wildman–Crippen LogP) is 4.88. The number of halogens is 2. The highest BCUT2D eigenvalue weighted by Gasteiger charge is 2.45. The Kier molecular flexibility index (Phi) is 9.11. The van der Waals surface area contributed by atoms with Crippen LogP contribution in [0.5, 0.6) is 0 Å². The average molecular weight is 569 g/mol. The predicted molar refractivity (Wildman–Crippen MR) is 144 cm³/mol. The van der Waals surface area contributed by atoms with Crippen LogP contribution in [0.4, 0.5) is 10.1 Å². The Bertz CT molecular complexity index is 1260. The first kappa shape index (κ1) is 29.9. The lowest BCUT2D eigenvalue weighted by atomic mass is 9.94. The van der Waals surface area contributed by atoms with Gasteiger partial charge in [-0.2, -0.15) is 0 Å². The van der Waals surface area contributed by atoms with Gasteiger partial charge in [-0.1, -0.05) is 49.7 Å². The van der Waals surface area contributed by atoms with E-state index in [9.17, 15) is 23.1 Å². The summed E-state index contributed by atoms with van der Waals surface area (Å²) >= 11 is 6.07. The normalized spacial score (nSPS) is 19.5. The third kappa shape index (κ3) is 6.30. The maximum Gasteiger partial charge on any atom is 0.306 e. The van der Waals surface area contributed by atoms with Gasteiger partial charge >= 0.3 is 5.97 Å². The van der Waals surface area contributed by atoms with Gasteiger partial charge in [0.1, 0.15) is 11.9 Å². The Hall–Kier alpha value is -2.69. The first-order valence-electron chi connectivity index (χ1n) is 12.3. The maximum absolute atomic E-state index is 15.0. The minimum Gasteiger partial charge on any atom is -0.481 e. The molecule has 2 aromatic carbocycles. The van der Waals surface area contributed by atoms with Crippen molar-refractivity contribution < 1.29 is 32.2 Å². The van der Waals surface area contributed by atoms with Crippen LogP contribution in [0.25, 0.3) is 0 Å². The van der Waals surface area contributed by atoms with Crippen molar-refractivity contribution in [1.29, 1.82) is 0 Å². The summed E-state index contributed by atoms with van der Waals surface area (Å²) in [5.74, 6) is -2.77. The van der Waals surface area contributed by atoms with Gasteiger partial charge in [-0.15, -0.1) is 0 Å². The van der Waals surface area contributed by atoms with Gasteiger partial charge in [-0.25, -0.2) is 12.8 Å². The molecule has 38 heavy (non-hydrogen) atoms. The molecule has 1 aliphatic heterocycles. The van der Waals surface area contributed by atoms with E-state index >= 15 is 4.39 Å². The van der Waals surface area contributed by atoms with Gasteiger partial charge in [0, 0.05) is 5.02 Å². The molecule has 0 spiro atoms. The van der Waals surface area contributed by atoms with E-state index in [0.717, 1.165) is 4.31 Å². The standard InChI is InChI=1S/C27H34ClFN2O6S/c1-17(2)22(15-30(38(35,36)27(3,4)5)21-9-7-6-8-20(21)29)31-23(18-10-12-19(28)13-11-18)16-37-24(26(31)34)14-25(32)33/h6-13,17,22-24H,14-16H2,1-5H3,(H,32,33)/t22?,23-,24+/m0/s1. The Labute approximate surface area is 228 Å². The number of hydrogen-bond acceptors (Lipinski definition) is 5. The van der Waals surface area contributed by atoms with Gasteiger partial charge in [-0.3, -0.25) is 13.9 Å². The van der Waals surface area contributed by atoms with E-state index in [1.807, 2.05) is 13.8 Å². The van der Waals surface area contributed by atoms with E-state index in [1.54, 1.807) is 30.3 Å². The molecule has 1 amide bonds. The van der Waals surface area contributed by atoms with Crippen LogP contribution in [-0.4, -0.2) is 60.3 Å². The summed E-state index contributed by atoms with van der Waals surface area (Å²) in [5.41, 5.74) is 0.567. The zero-order valence-electron chi connectivity index (χ0n) is 22.1. The molecule has 0 radical (unpaired) electrons. The van der Waals surface area contributed by atoms with Crippen LogP contribution in [0.3, 0.4) is 0 Å². The summed E-state index contributed by atoms with van der Waals surface area (Å²) in [6.07, 6.45) is -1.77. The van der Waals surface area contributed by atoms with Gasteiger partial charge < -0.3 is 14.7 Å². The number of amides is 1. The third-order valence-electron chi connectivity index (χ3n) is 6.60. The topological polar surface area (TPSA) is 104 Å². The van der Waals surface area contributed by atoms with Crippen molar-refractivity contribution in [2.75, 3.05) is 17.5 Å². The van der Waals surface area contributed by atoms with Crippen LogP contribution in [0, 0.1) is 11.7 Å². The Morgan fingerprint density at radius 3 is 2.32 bits per heavy atom. The van der Waals surface area contributed by atoms with Crippen LogP contribution < -0.4 is 4.31 Å². The van der Waals surface area contributed by atoms with Gasteiger partial charge in [0.15, 0.2) is 0 Å². The van der Waals surface area contributed by atoms with Crippen molar-refractivity contribution in [3.05, 3.63) is 64.9 Å². The summed E-state index contributed by atoms with van der Waals surface area (Å²) in [6, 6.07) is 11.0. The molecule has 0 aliphatic carbocycles. The SMILES string of the molecule is CC(C)C(CN(c1ccccc1F)S(=O)(=O)C(C)(C)C)N1C(=O)[C@@H](CC(=O)O)OC[C@H]1c1ccc(Cl)cc1. The van der Waals surface area contributed by atoms with Crippen LogP contribution in [0.15, 0.2) is 48.5 Å². The number of anilines is 1. The Morgan fingerprint density at radius 2 is 1.79 bits per heavy atom. The summed E-state index contributed by atoms with van der Waals surface area (Å²) < 4.78 is 48.0. The van der Waals surface area contributed by atoms with Gasteiger partial charge in [-0.05, 0) is 56.5 Å². The molecule has 1 N–H and O–H groups in total. The first-order valence-corrected chi connectivity index (χ1v) is 14.1. The number of para-hydroxylation sites is 1. The van der Waals surface area contributed by atoms with Crippen LogP contribution in [-0.2, 0) is 24.3 Å². The number of carboxylic acids is 1. The number of carbonyl (C=O) groups excluding carboxylic acids is 1. The maximum atomic E-state index is 15.0. The molecule has 2 aromatic rings.